The molecule has 6 heteroatoms. The Kier molecular flexibility index (Phi) is 1.19. The highest BCUT2D eigenvalue weighted by molar-refractivity contribution is 5.22. The van der Waals surface area contributed by atoms with Crippen LogP contribution in [0, 0.1) is 0 Å². The Bertz CT molecular complexity index is 307. The van der Waals surface area contributed by atoms with Gasteiger partial charge in [0.15, 0.2) is 5.82 Å². The summed E-state index contributed by atoms with van der Waals surface area (Å²) in [5, 5.41) is 30.2. The Hall–Kier alpha value is -1.82. The Balaban J connectivity index is 2.34. The first-order valence-corrected chi connectivity index (χ1v) is 3.24. The van der Waals surface area contributed by atoms with Gasteiger partial charge in [-0.2, -0.15) is 5.06 Å². The highest BCUT2D eigenvalue weighted by Crippen LogP contribution is 2.24. The molecule has 0 aromatic rings. The SMILES string of the molecule is OC1=CN2C=C(O)N(O)C2=CN1. The van der Waals surface area contributed by atoms with Gasteiger partial charge in [-0.25, -0.2) is 0 Å². The Labute approximate surface area is 67.9 Å². The van der Waals surface area contributed by atoms with E-state index in [1.807, 2.05) is 0 Å². The molecule has 0 radical (unpaired) electrons. The lowest BCUT2D eigenvalue weighted by atomic mass is 10.5. The van der Waals surface area contributed by atoms with E-state index >= 15 is 0 Å². The summed E-state index contributed by atoms with van der Waals surface area (Å²) in [6.45, 7) is 0. The van der Waals surface area contributed by atoms with Crippen molar-refractivity contribution in [3.63, 3.8) is 0 Å². The quantitative estimate of drug-likeness (QED) is 0.412. The van der Waals surface area contributed by atoms with Crippen LogP contribution in [0.2, 0.25) is 0 Å². The first kappa shape index (κ1) is 6.86. The van der Waals surface area contributed by atoms with Gasteiger partial charge < -0.3 is 15.5 Å². The highest BCUT2D eigenvalue weighted by Gasteiger charge is 2.26. The molecule has 2 aliphatic rings. The van der Waals surface area contributed by atoms with Gasteiger partial charge in [-0.05, 0) is 0 Å². The topological polar surface area (TPSA) is 79.2 Å². The summed E-state index contributed by atoms with van der Waals surface area (Å²) in [4.78, 5) is 1.38. The molecule has 0 aromatic carbocycles. The molecule has 64 valence electrons. The number of rotatable bonds is 0. The van der Waals surface area contributed by atoms with Crippen LogP contribution in [0.3, 0.4) is 0 Å². The first-order valence-electron chi connectivity index (χ1n) is 3.24. The van der Waals surface area contributed by atoms with Gasteiger partial charge in [0.1, 0.15) is 0 Å². The molecule has 2 rings (SSSR count). The van der Waals surface area contributed by atoms with Crippen molar-refractivity contribution in [2.24, 2.45) is 0 Å². The Morgan fingerprint density at radius 2 is 2.00 bits per heavy atom. The van der Waals surface area contributed by atoms with Gasteiger partial charge >= 0.3 is 0 Å². The van der Waals surface area contributed by atoms with Crippen molar-refractivity contribution in [2.75, 3.05) is 0 Å². The fraction of sp³-hybridized carbons (Fsp3) is 0. The number of nitrogens with one attached hydrogen (secondary N) is 1. The van der Waals surface area contributed by atoms with E-state index in [1.54, 1.807) is 0 Å². The van der Waals surface area contributed by atoms with E-state index in [0.717, 1.165) is 0 Å². The number of aliphatic hydroxyl groups is 2. The number of hydrogen-bond acceptors (Lipinski definition) is 6. The van der Waals surface area contributed by atoms with Gasteiger partial charge in [-0.1, -0.05) is 0 Å². The standard InChI is InChI=1S/C6H7N3O3/c10-4-2-8-3-6(11)9(12)5(8)1-7-4/h1-3,7,10-12H. The summed E-state index contributed by atoms with van der Waals surface area (Å²) in [7, 11) is 0. The second-order valence-electron chi connectivity index (χ2n) is 2.37. The van der Waals surface area contributed by atoms with E-state index in [-0.39, 0.29) is 11.8 Å². The predicted molar refractivity (Wildman–Crippen MR) is 38.1 cm³/mol. The maximum Gasteiger partial charge on any atom is 0.234 e. The fourth-order valence-corrected chi connectivity index (χ4v) is 1.02. The van der Waals surface area contributed by atoms with Crippen LogP contribution < -0.4 is 5.32 Å². The van der Waals surface area contributed by atoms with Crippen molar-refractivity contribution in [3.05, 3.63) is 36.2 Å². The fourth-order valence-electron chi connectivity index (χ4n) is 1.02. The Morgan fingerprint density at radius 1 is 1.25 bits per heavy atom. The molecular weight excluding hydrogens is 162 g/mol. The summed E-state index contributed by atoms with van der Waals surface area (Å²) in [5.74, 6) is -0.0302. The molecule has 0 saturated heterocycles. The molecule has 0 spiro atoms. The number of hydroxylamine groups is 2. The maximum atomic E-state index is 9.13. The van der Waals surface area contributed by atoms with E-state index in [1.165, 1.54) is 23.5 Å². The van der Waals surface area contributed by atoms with Gasteiger partial charge in [-0.15, -0.1) is 0 Å². The zero-order chi connectivity index (χ0) is 8.72. The Morgan fingerprint density at radius 3 is 2.75 bits per heavy atom. The van der Waals surface area contributed by atoms with E-state index in [0.29, 0.717) is 10.9 Å². The van der Waals surface area contributed by atoms with Crippen LogP contribution >= 0.6 is 0 Å². The largest absolute Gasteiger partial charge is 0.494 e. The molecule has 0 bridgehead atoms. The summed E-state index contributed by atoms with van der Waals surface area (Å²) >= 11 is 0. The minimum Gasteiger partial charge on any atom is -0.494 e. The minimum atomic E-state index is -0.297. The van der Waals surface area contributed by atoms with Crippen LogP contribution in [0.4, 0.5) is 0 Å². The average molecular weight is 169 g/mol. The van der Waals surface area contributed by atoms with Gasteiger partial charge in [0, 0.05) is 6.20 Å². The van der Waals surface area contributed by atoms with Gasteiger partial charge in [0.25, 0.3) is 0 Å². The van der Waals surface area contributed by atoms with Gasteiger partial charge in [-0.3, -0.25) is 10.1 Å². The molecule has 4 N–H and O–H groups in total. The van der Waals surface area contributed by atoms with Crippen molar-refractivity contribution in [3.8, 4) is 0 Å². The van der Waals surface area contributed by atoms with Crippen LogP contribution in [0.5, 0.6) is 0 Å². The minimum absolute atomic E-state index is 0.0573. The van der Waals surface area contributed by atoms with Crippen molar-refractivity contribution >= 4 is 0 Å². The second kappa shape index (κ2) is 2.08. The molecule has 12 heavy (non-hydrogen) atoms. The van der Waals surface area contributed by atoms with Crippen LogP contribution in [0.25, 0.3) is 0 Å². The summed E-state index contributed by atoms with van der Waals surface area (Å²) in [5.41, 5.74) is 0. The van der Waals surface area contributed by atoms with Crippen LogP contribution in [-0.4, -0.2) is 25.4 Å². The molecule has 2 aliphatic heterocycles. The average Bonchev–Trinajstić information content (AvgIpc) is 2.28. The normalized spacial score (nSPS) is 20.9. The van der Waals surface area contributed by atoms with Crippen molar-refractivity contribution in [2.45, 2.75) is 0 Å². The van der Waals surface area contributed by atoms with Gasteiger partial charge in [0.05, 0.1) is 12.4 Å². The predicted octanol–water partition coefficient (Wildman–Crippen LogP) is 0.109. The molecule has 0 unspecified atom stereocenters. The molecule has 2 heterocycles. The molecule has 6 nitrogen and oxygen atoms in total. The monoisotopic (exact) mass is 169 g/mol. The number of fused-ring (bicyclic) bond motifs is 1. The summed E-state index contributed by atoms with van der Waals surface area (Å²) < 4.78 is 0. The third-order valence-electron chi connectivity index (χ3n) is 1.56. The molecular formula is C6H7N3O3. The highest BCUT2D eigenvalue weighted by atomic mass is 16.5. The van der Waals surface area contributed by atoms with Crippen LogP contribution in [0.15, 0.2) is 36.2 Å². The smallest absolute Gasteiger partial charge is 0.234 e. The van der Waals surface area contributed by atoms with Crippen molar-refractivity contribution in [1.82, 2.24) is 15.3 Å². The molecule has 0 saturated carbocycles. The number of hydrogen-bond donors (Lipinski definition) is 4. The van der Waals surface area contributed by atoms with Crippen molar-refractivity contribution < 1.29 is 15.4 Å². The zero-order valence-corrected chi connectivity index (χ0v) is 5.97. The summed E-state index contributed by atoms with van der Waals surface area (Å²) in [6.07, 6.45) is 3.94. The lowest BCUT2D eigenvalue weighted by Gasteiger charge is -2.20. The molecule has 0 amide bonds. The van der Waals surface area contributed by atoms with Crippen LogP contribution in [0.1, 0.15) is 0 Å². The van der Waals surface area contributed by atoms with E-state index < -0.39 is 0 Å². The third kappa shape index (κ3) is 0.785. The third-order valence-corrected chi connectivity index (χ3v) is 1.56. The van der Waals surface area contributed by atoms with Crippen molar-refractivity contribution in [1.29, 1.82) is 0 Å². The molecule has 0 fully saturated rings. The van der Waals surface area contributed by atoms with Gasteiger partial charge in [0.2, 0.25) is 11.8 Å². The zero-order valence-electron chi connectivity index (χ0n) is 5.97. The van der Waals surface area contributed by atoms with E-state index in [9.17, 15) is 0 Å². The second-order valence-corrected chi connectivity index (χ2v) is 2.37. The summed E-state index contributed by atoms with van der Waals surface area (Å²) in [6, 6.07) is 0. The van der Waals surface area contributed by atoms with E-state index in [4.69, 9.17) is 15.4 Å². The number of aliphatic hydroxyl groups excluding tert-OH is 2. The van der Waals surface area contributed by atoms with Crippen LogP contribution in [-0.2, 0) is 0 Å². The lowest BCUT2D eigenvalue weighted by molar-refractivity contribution is -0.0611. The molecule has 0 atom stereocenters. The number of nitrogens with zero attached hydrogens (tertiary/aromatic N) is 2. The van der Waals surface area contributed by atoms with E-state index in [2.05, 4.69) is 5.32 Å². The molecule has 0 aliphatic carbocycles. The maximum absolute atomic E-state index is 9.13. The molecule has 0 aromatic heterocycles. The first-order chi connectivity index (χ1) is 5.68. The lowest BCUT2D eigenvalue weighted by Crippen LogP contribution is -2.26.